The number of para-hydroxylation sites is 1. The fraction of sp³-hybridized carbons (Fsp3) is 0.381. The number of hydrogen-bond acceptors (Lipinski definition) is 4. The monoisotopic (exact) mass is 416 g/mol. The minimum atomic E-state index is -3.39. The zero-order valence-electron chi connectivity index (χ0n) is 17.1. The molecular formula is C21H28N4O3S. The summed E-state index contributed by atoms with van der Waals surface area (Å²) in [7, 11) is 1.87. The van der Waals surface area contributed by atoms with E-state index in [0.29, 0.717) is 25.6 Å². The van der Waals surface area contributed by atoms with Crippen molar-refractivity contribution in [3.63, 3.8) is 0 Å². The van der Waals surface area contributed by atoms with E-state index < -0.39 is 10.0 Å². The van der Waals surface area contributed by atoms with Gasteiger partial charge in [-0.1, -0.05) is 30.3 Å². The van der Waals surface area contributed by atoms with Crippen molar-refractivity contribution in [3.8, 4) is 5.75 Å². The Morgan fingerprint density at radius 2 is 1.93 bits per heavy atom. The number of ether oxygens (including phenoxy) is 1. The fourth-order valence-electron chi connectivity index (χ4n) is 3.46. The van der Waals surface area contributed by atoms with Crippen molar-refractivity contribution in [2.75, 3.05) is 44.4 Å². The maximum atomic E-state index is 12.8. The smallest absolute Gasteiger partial charge is 0.236 e. The predicted molar refractivity (Wildman–Crippen MR) is 117 cm³/mol. The van der Waals surface area contributed by atoms with Crippen LogP contribution in [-0.4, -0.2) is 59.3 Å². The summed E-state index contributed by atoms with van der Waals surface area (Å²) in [5, 5.41) is 3.16. The summed E-state index contributed by atoms with van der Waals surface area (Å²) in [4.78, 5) is 6.23. The molecule has 0 unspecified atom stereocenters. The normalized spacial score (nSPS) is 13.9. The Morgan fingerprint density at radius 3 is 2.62 bits per heavy atom. The van der Waals surface area contributed by atoms with Gasteiger partial charge in [0.05, 0.1) is 18.6 Å². The van der Waals surface area contributed by atoms with Gasteiger partial charge in [-0.3, -0.25) is 9.30 Å². The molecule has 0 atom stereocenters. The van der Waals surface area contributed by atoms with Crippen LogP contribution >= 0.6 is 0 Å². The highest BCUT2D eigenvalue weighted by atomic mass is 32.2. The number of guanidine groups is 1. The number of anilines is 1. The van der Waals surface area contributed by atoms with Gasteiger partial charge in [0, 0.05) is 33.7 Å². The Hall–Kier alpha value is -2.74. The van der Waals surface area contributed by atoms with Crippen molar-refractivity contribution >= 4 is 21.7 Å². The Morgan fingerprint density at radius 1 is 1.21 bits per heavy atom. The van der Waals surface area contributed by atoms with Crippen molar-refractivity contribution < 1.29 is 13.2 Å². The lowest BCUT2D eigenvalue weighted by Gasteiger charge is -2.23. The molecular weight excluding hydrogens is 388 g/mol. The lowest BCUT2D eigenvalue weighted by molar-refractivity contribution is 0.414. The second-order valence-electron chi connectivity index (χ2n) is 6.94. The van der Waals surface area contributed by atoms with Crippen LogP contribution in [0.4, 0.5) is 5.69 Å². The second kappa shape index (κ2) is 9.17. The minimum absolute atomic E-state index is 0.0106. The first kappa shape index (κ1) is 21.0. The maximum Gasteiger partial charge on any atom is 0.236 e. The summed E-state index contributed by atoms with van der Waals surface area (Å²) >= 11 is 0. The highest BCUT2D eigenvalue weighted by Gasteiger charge is 2.28. The third-order valence-corrected chi connectivity index (χ3v) is 6.75. The van der Waals surface area contributed by atoms with Gasteiger partial charge in [-0.25, -0.2) is 8.42 Å². The number of nitrogens with one attached hydrogen (secondary N) is 1. The Labute approximate surface area is 173 Å². The molecule has 8 heteroatoms. The molecule has 0 aromatic heterocycles. The standard InChI is InChI=1S/C21H28N4O3S/c1-22-21(24(2)16-17-8-10-19(28-3)11-9-17)23-13-15-29(26,27)25-14-12-18-6-4-5-7-20(18)25/h4-11H,12-16H2,1-3H3,(H,22,23). The average Bonchev–Trinajstić information content (AvgIpc) is 3.17. The van der Waals surface area contributed by atoms with Crippen LogP contribution in [0.3, 0.4) is 0 Å². The molecule has 1 aliphatic heterocycles. The Kier molecular flexibility index (Phi) is 6.64. The van der Waals surface area contributed by atoms with Gasteiger partial charge in [-0.05, 0) is 35.7 Å². The maximum absolute atomic E-state index is 12.8. The van der Waals surface area contributed by atoms with Crippen LogP contribution in [0.25, 0.3) is 0 Å². The highest BCUT2D eigenvalue weighted by molar-refractivity contribution is 7.92. The molecule has 0 saturated heterocycles. The fourth-order valence-corrected chi connectivity index (χ4v) is 4.89. The number of fused-ring (bicyclic) bond motifs is 1. The largest absolute Gasteiger partial charge is 0.497 e. The van der Waals surface area contributed by atoms with Crippen molar-refractivity contribution in [3.05, 3.63) is 59.7 Å². The van der Waals surface area contributed by atoms with E-state index in [9.17, 15) is 8.42 Å². The van der Waals surface area contributed by atoms with Crippen LogP contribution in [0.15, 0.2) is 53.5 Å². The molecule has 0 fully saturated rings. The topological polar surface area (TPSA) is 74.2 Å². The molecule has 3 rings (SSSR count). The molecule has 2 aromatic carbocycles. The second-order valence-corrected chi connectivity index (χ2v) is 8.96. The number of methoxy groups -OCH3 is 1. The van der Waals surface area contributed by atoms with Gasteiger partial charge >= 0.3 is 0 Å². The van der Waals surface area contributed by atoms with E-state index in [4.69, 9.17) is 4.74 Å². The van der Waals surface area contributed by atoms with Crippen LogP contribution in [-0.2, 0) is 23.0 Å². The zero-order chi connectivity index (χ0) is 20.9. The Balaban J connectivity index is 1.55. The van der Waals surface area contributed by atoms with E-state index in [1.54, 1.807) is 14.2 Å². The molecule has 0 bridgehead atoms. The molecule has 2 aromatic rings. The minimum Gasteiger partial charge on any atom is -0.497 e. The summed E-state index contributed by atoms with van der Waals surface area (Å²) < 4.78 is 32.3. The first-order valence-electron chi connectivity index (χ1n) is 9.57. The van der Waals surface area contributed by atoms with Crippen molar-refractivity contribution in [2.24, 2.45) is 4.99 Å². The summed E-state index contributed by atoms with van der Waals surface area (Å²) in [5.74, 6) is 1.47. The van der Waals surface area contributed by atoms with Crippen molar-refractivity contribution in [1.29, 1.82) is 0 Å². The third kappa shape index (κ3) is 5.00. The van der Waals surface area contributed by atoms with Crippen LogP contribution in [0.2, 0.25) is 0 Å². The van der Waals surface area contributed by atoms with Crippen molar-refractivity contribution in [1.82, 2.24) is 10.2 Å². The van der Waals surface area contributed by atoms with E-state index in [0.717, 1.165) is 29.0 Å². The number of benzene rings is 2. The van der Waals surface area contributed by atoms with E-state index in [2.05, 4.69) is 10.3 Å². The lowest BCUT2D eigenvalue weighted by atomic mass is 10.2. The summed E-state index contributed by atoms with van der Waals surface area (Å²) in [6.07, 6.45) is 0.759. The predicted octanol–water partition coefficient (Wildman–Crippen LogP) is 2.09. The molecule has 0 amide bonds. The van der Waals surface area contributed by atoms with Crippen LogP contribution in [0, 0.1) is 0 Å². The van der Waals surface area contributed by atoms with E-state index in [1.807, 2.05) is 60.5 Å². The molecule has 1 N–H and O–H groups in total. The van der Waals surface area contributed by atoms with Crippen LogP contribution < -0.4 is 14.4 Å². The number of rotatable bonds is 7. The number of hydrogen-bond donors (Lipinski definition) is 1. The van der Waals surface area contributed by atoms with E-state index in [1.165, 1.54) is 4.31 Å². The zero-order valence-corrected chi connectivity index (χ0v) is 17.9. The molecule has 1 aliphatic rings. The van der Waals surface area contributed by atoms with Crippen LogP contribution in [0.5, 0.6) is 5.75 Å². The number of aliphatic imine (C=N–C) groups is 1. The highest BCUT2D eigenvalue weighted by Crippen LogP contribution is 2.29. The van der Waals surface area contributed by atoms with Gasteiger partial charge in [0.15, 0.2) is 5.96 Å². The van der Waals surface area contributed by atoms with Gasteiger partial charge in [0.2, 0.25) is 10.0 Å². The Bertz CT molecular complexity index is 958. The average molecular weight is 417 g/mol. The molecule has 0 spiro atoms. The number of nitrogens with zero attached hydrogens (tertiary/aromatic N) is 3. The summed E-state index contributed by atoms with van der Waals surface area (Å²) in [5.41, 5.74) is 2.99. The SMILES string of the molecule is CN=C(NCCS(=O)(=O)N1CCc2ccccc21)N(C)Cc1ccc(OC)cc1. The molecule has 156 valence electrons. The molecule has 1 heterocycles. The first-order valence-corrected chi connectivity index (χ1v) is 11.2. The molecule has 7 nitrogen and oxygen atoms in total. The summed E-state index contributed by atoms with van der Waals surface area (Å²) in [6.45, 7) is 1.45. The number of sulfonamides is 1. The molecule has 0 aliphatic carbocycles. The van der Waals surface area contributed by atoms with E-state index >= 15 is 0 Å². The summed E-state index contributed by atoms with van der Waals surface area (Å²) in [6, 6.07) is 15.5. The lowest BCUT2D eigenvalue weighted by Crippen LogP contribution is -2.42. The van der Waals surface area contributed by atoms with Crippen LogP contribution in [0.1, 0.15) is 11.1 Å². The van der Waals surface area contributed by atoms with Gasteiger partial charge < -0.3 is 15.0 Å². The van der Waals surface area contributed by atoms with Gasteiger partial charge in [-0.15, -0.1) is 0 Å². The molecule has 0 radical (unpaired) electrons. The van der Waals surface area contributed by atoms with E-state index in [-0.39, 0.29) is 5.75 Å². The van der Waals surface area contributed by atoms with Gasteiger partial charge in [0.1, 0.15) is 5.75 Å². The van der Waals surface area contributed by atoms with Gasteiger partial charge in [-0.2, -0.15) is 0 Å². The molecule has 29 heavy (non-hydrogen) atoms. The first-order chi connectivity index (χ1) is 13.9. The quantitative estimate of drug-likeness (QED) is 0.553. The van der Waals surface area contributed by atoms with Crippen molar-refractivity contribution in [2.45, 2.75) is 13.0 Å². The molecule has 0 saturated carbocycles. The third-order valence-electron chi connectivity index (χ3n) is 4.98. The van der Waals surface area contributed by atoms with Gasteiger partial charge in [0.25, 0.3) is 0 Å².